The molecule has 3 rings (SSSR count). The molecule has 124 valence electrons. The van der Waals surface area contributed by atoms with Crippen molar-refractivity contribution < 1.29 is 9.90 Å². The third-order valence-electron chi connectivity index (χ3n) is 3.76. The zero-order valence-corrected chi connectivity index (χ0v) is 14.1. The molecule has 0 radical (unpaired) electrons. The van der Waals surface area contributed by atoms with Crippen LogP contribution in [0.25, 0.3) is 11.0 Å². The number of anilines is 1. The number of amides is 1. The zero-order valence-electron chi connectivity index (χ0n) is 14.1. The number of aromatic hydroxyl groups is 1. The third kappa shape index (κ3) is 3.25. The van der Waals surface area contributed by atoms with Crippen LogP contribution in [0.15, 0.2) is 48.5 Å². The van der Waals surface area contributed by atoms with Crippen LogP contribution < -0.4 is 5.32 Å². The average Bonchev–Trinajstić information content (AvgIpc) is 2.86. The van der Waals surface area contributed by atoms with Crippen molar-refractivity contribution in [3.63, 3.8) is 0 Å². The predicted molar refractivity (Wildman–Crippen MR) is 95.2 cm³/mol. The highest BCUT2D eigenvalue weighted by molar-refractivity contribution is 5.92. The molecule has 1 amide bonds. The molecule has 1 aromatic heterocycles. The highest BCUT2D eigenvalue weighted by Crippen LogP contribution is 2.26. The Kier molecular flexibility index (Phi) is 4.01. The molecule has 0 unspecified atom stereocenters. The molecule has 0 saturated carbocycles. The average molecular weight is 323 g/mol. The van der Waals surface area contributed by atoms with Gasteiger partial charge in [-0.25, -0.2) is 4.98 Å². The lowest BCUT2D eigenvalue weighted by Gasteiger charge is -2.20. The van der Waals surface area contributed by atoms with Crippen molar-refractivity contribution in [3.8, 4) is 5.75 Å². The molecule has 0 bridgehead atoms. The fourth-order valence-electron chi connectivity index (χ4n) is 2.74. The first-order chi connectivity index (χ1) is 11.3. The number of hydrogen-bond acceptors (Lipinski definition) is 3. The number of fused-ring (bicyclic) bond motifs is 1. The molecule has 1 heterocycles. The highest BCUT2D eigenvalue weighted by Gasteiger charge is 2.23. The first-order valence-corrected chi connectivity index (χ1v) is 7.89. The predicted octanol–water partition coefficient (Wildman–Crippen LogP) is 3.68. The number of rotatable bonds is 3. The normalized spacial score (nSPS) is 11.6. The van der Waals surface area contributed by atoms with E-state index in [9.17, 15) is 9.90 Å². The number of benzene rings is 2. The quantitative estimate of drug-likeness (QED) is 0.772. The number of carbonyl (C=O) groups excluding carboxylic acids is 1. The molecular weight excluding hydrogens is 302 g/mol. The molecule has 2 N–H and O–H groups in total. The summed E-state index contributed by atoms with van der Waals surface area (Å²) < 4.78 is 1.95. The van der Waals surface area contributed by atoms with Crippen molar-refractivity contribution in [1.29, 1.82) is 0 Å². The molecule has 0 spiro atoms. The Morgan fingerprint density at radius 1 is 1.17 bits per heavy atom. The monoisotopic (exact) mass is 323 g/mol. The molecule has 5 heteroatoms. The minimum atomic E-state index is -0.176. The van der Waals surface area contributed by atoms with Gasteiger partial charge in [0.25, 0.3) is 0 Å². The van der Waals surface area contributed by atoms with Crippen LogP contribution in [0.2, 0.25) is 0 Å². The van der Waals surface area contributed by atoms with E-state index < -0.39 is 0 Å². The summed E-state index contributed by atoms with van der Waals surface area (Å²) in [4.78, 5) is 17.2. The first-order valence-electron chi connectivity index (χ1n) is 7.89. The topological polar surface area (TPSA) is 67.2 Å². The van der Waals surface area contributed by atoms with Crippen LogP contribution in [0.4, 0.5) is 5.69 Å². The lowest BCUT2D eigenvalue weighted by Crippen LogP contribution is -2.25. The van der Waals surface area contributed by atoms with Gasteiger partial charge in [-0.15, -0.1) is 0 Å². The fourth-order valence-corrected chi connectivity index (χ4v) is 2.74. The van der Waals surface area contributed by atoms with Gasteiger partial charge in [0, 0.05) is 17.2 Å². The van der Waals surface area contributed by atoms with E-state index in [1.807, 2.05) is 28.8 Å². The van der Waals surface area contributed by atoms with Crippen molar-refractivity contribution >= 4 is 22.6 Å². The summed E-state index contributed by atoms with van der Waals surface area (Å²) in [6.45, 7) is 6.41. The van der Waals surface area contributed by atoms with E-state index in [0.29, 0.717) is 5.69 Å². The molecule has 0 aliphatic rings. The summed E-state index contributed by atoms with van der Waals surface area (Å²) in [6.07, 6.45) is 0. The maximum absolute atomic E-state index is 12.5. The number of aromatic nitrogens is 2. The van der Waals surface area contributed by atoms with Gasteiger partial charge in [-0.2, -0.15) is 0 Å². The van der Waals surface area contributed by atoms with Gasteiger partial charge in [0.15, 0.2) is 0 Å². The molecule has 3 aromatic rings. The van der Waals surface area contributed by atoms with E-state index in [-0.39, 0.29) is 23.6 Å². The Balaban J connectivity index is 1.92. The maximum atomic E-state index is 12.5. The van der Waals surface area contributed by atoms with Gasteiger partial charge in [-0.1, -0.05) is 39.0 Å². The SMILES string of the molecule is CC(C)(C)c1nc2ccccc2n1CC(=O)Nc1cccc(O)c1. The number of hydrogen-bond donors (Lipinski definition) is 2. The number of carbonyl (C=O) groups is 1. The van der Waals surface area contributed by atoms with Crippen molar-refractivity contribution in [2.75, 3.05) is 5.32 Å². The minimum Gasteiger partial charge on any atom is -0.508 e. The van der Waals surface area contributed by atoms with Crippen molar-refractivity contribution in [1.82, 2.24) is 9.55 Å². The Bertz CT molecular complexity index is 891. The molecule has 0 fully saturated rings. The number of nitrogens with zero attached hydrogens (tertiary/aromatic N) is 2. The summed E-state index contributed by atoms with van der Waals surface area (Å²) in [6, 6.07) is 14.3. The largest absolute Gasteiger partial charge is 0.508 e. The lowest BCUT2D eigenvalue weighted by atomic mass is 9.95. The van der Waals surface area contributed by atoms with Crippen molar-refractivity contribution in [2.24, 2.45) is 0 Å². The molecule has 2 aromatic carbocycles. The van der Waals surface area contributed by atoms with Gasteiger partial charge >= 0.3 is 0 Å². The van der Waals surface area contributed by atoms with Gasteiger partial charge in [0.05, 0.1) is 11.0 Å². The Morgan fingerprint density at radius 2 is 1.92 bits per heavy atom. The molecule has 0 aliphatic carbocycles. The number of phenolic OH excluding ortho intramolecular Hbond substituents is 1. The number of para-hydroxylation sites is 2. The van der Waals surface area contributed by atoms with Crippen LogP contribution in [-0.4, -0.2) is 20.6 Å². The van der Waals surface area contributed by atoms with Gasteiger partial charge in [-0.3, -0.25) is 4.79 Å². The van der Waals surface area contributed by atoms with E-state index in [4.69, 9.17) is 4.98 Å². The van der Waals surface area contributed by atoms with Crippen LogP contribution in [0.1, 0.15) is 26.6 Å². The smallest absolute Gasteiger partial charge is 0.244 e. The lowest BCUT2D eigenvalue weighted by molar-refractivity contribution is -0.116. The molecule has 0 aliphatic heterocycles. The third-order valence-corrected chi connectivity index (χ3v) is 3.76. The summed E-state index contributed by atoms with van der Waals surface area (Å²) in [5, 5.41) is 12.3. The summed E-state index contributed by atoms with van der Waals surface area (Å²) in [7, 11) is 0. The number of nitrogens with one attached hydrogen (secondary N) is 1. The van der Waals surface area contributed by atoms with Gasteiger partial charge < -0.3 is 15.0 Å². The second-order valence-corrected chi connectivity index (χ2v) is 6.86. The van der Waals surface area contributed by atoms with E-state index in [0.717, 1.165) is 16.9 Å². The van der Waals surface area contributed by atoms with Crippen LogP contribution in [-0.2, 0) is 16.8 Å². The van der Waals surface area contributed by atoms with E-state index in [1.54, 1.807) is 18.2 Å². The van der Waals surface area contributed by atoms with Gasteiger partial charge in [0.2, 0.25) is 5.91 Å². The minimum absolute atomic E-state index is 0.122. The molecule has 0 atom stereocenters. The second-order valence-electron chi connectivity index (χ2n) is 6.86. The van der Waals surface area contributed by atoms with E-state index in [2.05, 4.69) is 26.1 Å². The first kappa shape index (κ1) is 16.1. The summed E-state index contributed by atoms with van der Waals surface area (Å²) >= 11 is 0. The Hall–Kier alpha value is -2.82. The fraction of sp³-hybridized carbons (Fsp3) is 0.263. The van der Waals surface area contributed by atoms with Crippen LogP contribution in [0, 0.1) is 0 Å². The van der Waals surface area contributed by atoms with Crippen LogP contribution in [0.5, 0.6) is 5.75 Å². The zero-order chi connectivity index (χ0) is 17.3. The Morgan fingerprint density at radius 3 is 2.62 bits per heavy atom. The molecule has 0 saturated heterocycles. The van der Waals surface area contributed by atoms with Gasteiger partial charge in [0.1, 0.15) is 18.1 Å². The van der Waals surface area contributed by atoms with Crippen molar-refractivity contribution in [2.45, 2.75) is 32.7 Å². The number of imidazole rings is 1. The summed E-state index contributed by atoms with van der Waals surface area (Å²) in [5.41, 5.74) is 2.22. The van der Waals surface area contributed by atoms with Gasteiger partial charge in [-0.05, 0) is 24.3 Å². The van der Waals surface area contributed by atoms with Crippen LogP contribution >= 0.6 is 0 Å². The Labute approximate surface area is 141 Å². The molecule has 24 heavy (non-hydrogen) atoms. The van der Waals surface area contributed by atoms with E-state index >= 15 is 0 Å². The standard InChI is InChI=1S/C19H21N3O2/c1-19(2,3)18-21-15-9-4-5-10-16(15)22(18)12-17(24)20-13-7-6-8-14(23)11-13/h4-11,23H,12H2,1-3H3,(H,20,24). The molecule has 5 nitrogen and oxygen atoms in total. The maximum Gasteiger partial charge on any atom is 0.244 e. The van der Waals surface area contributed by atoms with E-state index in [1.165, 1.54) is 6.07 Å². The number of phenols is 1. The van der Waals surface area contributed by atoms with Crippen LogP contribution in [0.3, 0.4) is 0 Å². The highest BCUT2D eigenvalue weighted by atomic mass is 16.3. The van der Waals surface area contributed by atoms with Crippen molar-refractivity contribution in [3.05, 3.63) is 54.4 Å². The second kappa shape index (κ2) is 6.00. The summed E-state index contributed by atoms with van der Waals surface area (Å²) in [5.74, 6) is 0.834. The molecular formula is C19H21N3O2.